The first-order valence-electron chi connectivity index (χ1n) is 12.1. The molecule has 7 nitrogen and oxygen atoms in total. The molecular weight excluding hydrogens is 460 g/mol. The van der Waals surface area contributed by atoms with E-state index in [2.05, 4.69) is 58.3 Å². The number of hydrogen-bond donors (Lipinski definition) is 3. The van der Waals surface area contributed by atoms with Crippen molar-refractivity contribution in [1.29, 1.82) is 0 Å². The van der Waals surface area contributed by atoms with E-state index in [0.29, 0.717) is 6.54 Å². The molecule has 3 N–H and O–H groups in total. The topological polar surface area (TPSA) is 92.2 Å². The summed E-state index contributed by atoms with van der Waals surface area (Å²) in [4.78, 5) is 12.6. The minimum absolute atomic E-state index is 0.0694. The number of carbonyl (C=O) groups is 1. The maximum Gasteiger partial charge on any atom is 0.239 e. The summed E-state index contributed by atoms with van der Waals surface area (Å²) in [6, 6.07) is 14.0. The number of aromatic nitrogens is 1. The highest BCUT2D eigenvalue weighted by molar-refractivity contribution is 7.91. The van der Waals surface area contributed by atoms with Gasteiger partial charge in [0.1, 0.15) is 0 Å². The minimum Gasteiger partial charge on any atom is -0.380 e. The van der Waals surface area contributed by atoms with Crippen LogP contribution in [0.4, 0.5) is 11.4 Å². The quantitative estimate of drug-likeness (QED) is 0.352. The highest BCUT2D eigenvalue weighted by Gasteiger charge is 2.31. The standard InChI is InChI=1S/C27H38N4O3S/c1-7-11-21(16-25(32)30-35(33,34)27(3,4)5)29-23-14-9-8-13-22(23)28-17-20-18-31(6)24-15-10-12-19(2)26(20)24/h8-10,12-15,18,21,28-29H,7,11,16-17H2,1-6H3,(H,30,32)/t21-/m0/s1. The van der Waals surface area contributed by atoms with E-state index in [-0.39, 0.29) is 12.5 Å². The Morgan fingerprint density at radius 3 is 2.40 bits per heavy atom. The molecule has 190 valence electrons. The van der Waals surface area contributed by atoms with E-state index in [1.807, 2.05) is 31.2 Å². The van der Waals surface area contributed by atoms with Crippen molar-refractivity contribution in [3.63, 3.8) is 0 Å². The van der Waals surface area contributed by atoms with Crippen LogP contribution in [0.3, 0.4) is 0 Å². The van der Waals surface area contributed by atoms with Crippen molar-refractivity contribution < 1.29 is 13.2 Å². The smallest absolute Gasteiger partial charge is 0.239 e. The molecule has 1 amide bonds. The zero-order valence-corrected chi connectivity index (χ0v) is 22.4. The molecule has 0 aliphatic heterocycles. The van der Waals surface area contributed by atoms with Crippen LogP contribution in [0.5, 0.6) is 0 Å². The molecule has 2 aromatic carbocycles. The Labute approximate surface area is 209 Å². The predicted molar refractivity (Wildman–Crippen MR) is 145 cm³/mol. The van der Waals surface area contributed by atoms with E-state index >= 15 is 0 Å². The zero-order chi connectivity index (χ0) is 25.8. The third-order valence-corrected chi connectivity index (χ3v) is 8.29. The number of rotatable bonds is 10. The average Bonchev–Trinajstić information content (AvgIpc) is 3.09. The van der Waals surface area contributed by atoms with Crippen LogP contribution in [0.25, 0.3) is 10.9 Å². The number of hydrogen-bond acceptors (Lipinski definition) is 5. The second kappa shape index (κ2) is 10.7. The molecule has 3 rings (SSSR count). The van der Waals surface area contributed by atoms with Gasteiger partial charge in [-0.1, -0.05) is 37.6 Å². The summed E-state index contributed by atoms with van der Waals surface area (Å²) in [5.74, 6) is -0.498. The van der Waals surface area contributed by atoms with Crippen LogP contribution < -0.4 is 15.4 Å². The van der Waals surface area contributed by atoms with Crippen molar-refractivity contribution in [2.75, 3.05) is 10.6 Å². The second-order valence-corrected chi connectivity index (χ2v) is 12.5. The summed E-state index contributed by atoms with van der Waals surface area (Å²) in [5.41, 5.74) is 5.47. The van der Waals surface area contributed by atoms with Crippen LogP contribution in [0.1, 0.15) is 58.1 Å². The fraction of sp³-hybridized carbons (Fsp3) is 0.444. The number of carbonyl (C=O) groups excluding carboxylic acids is 1. The minimum atomic E-state index is -3.74. The Morgan fingerprint density at radius 1 is 1.06 bits per heavy atom. The van der Waals surface area contributed by atoms with Gasteiger partial charge in [0.25, 0.3) is 0 Å². The molecule has 1 aromatic heterocycles. The highest BCUT2D eigenvalue weighted by Crippen LogP contribution is 2.28. The number of amides is 1. The Morgan fingerprint density at radius 2 is 1.74 bits per heavy atom. The molecule has 8 heteroatoms. The summed E-state index contributed by atoms with van der Waals surface area (Å²) in [6.07, 6.45) is 3.82. The van der Waals surface area contributed by atoms with E-state index in [1.165, 1.54) is 22.0 Å². The Hall–Kier alpha value is -3.00. The van der Waals surface area contributed by atoms with Crippen LogP contribution in [-0.4, -0.2) is 29.7 Å². The lowest BCUT2D eigenvalue weighted by Crippen LogP contribution is -2.44. The molecule has 0 saturated heterocycles. The predicted octanol–water partition coefficient (Wildman–Crippen LogP) is 5.31. The van der Waals surface area contributed by atoms with Gasteiger partial charge in [0.15, 0.2) is 0 Å². The van der Waals surface area contributed by atoms with Crippen LogP contribution in [0, 0.1) is 6.92 Å². The number of sulfonamides is 1. The first-order valence-corrected chi connectivity index (χ1v) is 13.6. The fourth-order valence-corrected chi connectivity index (χ4v) is 4.87. The van der Waals surface area contributed by atoms with E-state index in [1.54, 1.807) is 20.8 Å². The molecule has 0 saturated carbocycles. The number of nitrogens with one attached hydrogen (secondary N) is 3. The van der Waals surface area contributed by atoms with Gasteiger partial charge in [-0.05, 0) is 63.4 Å². The maximum atomic E-state index is 12.6. The van der Waals surface area contributed by atoms with E-state index in [9.17, 15) is 13.2 Å². The zero-order valence-electron chi connectivity index (χ0n) is 21.6. The van der Waals surface area contributed by atoms with Gasteiger partial charge < -0.3 is 15.2 Å². The number of nitrogens with zero attached hydrogens (tertiary/aromatic N) is 1. The second-order valence-electron chi connectivity index (χ2n) is 10.1. The first kappa shape index (κ1) is 26.6. The average molecular weight is 499 g/mol. The molecule has 0 unspecified atom stereocenters. The number of para-hydroxylation sites is 2. The maximum absolute atomic E-state index is 12.6. The lowest BCUT2D eigenvalue weighted by molar-refractivity contribution is -0.119. The summed E-state index contributed by atoms with van der Waals surface area (Å²) >= 11 is 0. The van der Waals surface area contributed by atoms with Crippen molar-refractivity contribution >= 4 is 38.2 Å². The Bertz CT molecular complexity index is 1290. The first-order chi connectivity index (χ1) is 16.4. The summed E-state index contributed by atoms with van der Waals surface area (Å²) in [7, 11) is -1.68. The van der Waals surface area contributed by atoms with Crippen LogP contribution in [0.15, 0.2) is 48.7 Å². The molecule has 0 bridgehead atoms. The number of aryl methyl sites for hydroxylation is 2. The molecule has 1 atom stereocenters. The lowest BCUT2D eigenvalue weighted by atomic mass is 10.1. The normalized spacial score (nSPS) is 13.0. The largest absolute Gasteiger partial charge is 0.380 e. The molecule has 0 radical (unpaired) electrons. The van der Waals surface area contributed by atoms with Gasteiger partial charge in [-0.3, -0.25) is 9.52 Å². The lowest BCUT2D eigenvalue weighted by Gasteiger charge is -2.23. The third-order valence-electron chi connectivity index (χ3n) is 6.18. The summed E-state index contributed by atoms with van der Waals surface area (Å²) < 4.78 is 28.1. The van der Waals surface area contributed by atoms with Gasteiger partial charge in [-0.25, -0.2) is 8.42 Å². The molecule has 0 spiro atoms. The molecular formula is C27H38N4O3S. The van der Waals surface area contributed by atoms with Crippen molar-refractivity contribution in [2.45, 2.75) is 71.2 Å². The van der Waals surface area contributed by atoms with Gasteiger partial charge >= 0.3 is 0 Å². The van der Waals surface area contributed by atoms with Crippen LogP contribution >= 0.6 is 0 Å². The van der Waals surface area contributed by atoms with Gasteiger partial charge in [0.2, 0.25) is 15.9 Å². The summed E-state index contributed by atoms with van der Waals surface area (Å²) in [6.45, 7) is 9.55. The van der Waals surface area contributed by atoms with E-state index in [4.69, 9.17) is 0 Å². The number of fused-ring (bicyclic) bond motifs is 1. The monoisotopic (exact) mass is 498 g/mol. The van der Waals surface area contributed by atoms with Gasteiger partial charge in [0.05, 0.1) is 16.1 Å². The van der Waals surface area contributed by atoms with Crippen LogP contribution in [-0.2, 0) is 28.4 Å². The van der Waals surface area contributed by atoms with Crippen molar-refractivity contribution in [3.05, 3.63) is 59.8 Å². The van der Waals surface area contributed by atoms with E-state index < -0.39 is 20.7 Å². The van der Waals surface area contributed by atoms with Crippen molar-refractivity contribution in [2.24, 2.45) is 7.05 Å². The van der Waals surface area contributed by atoms with Gasteiger partial charge in [-0.2, -0.15) is 0 Å². The Kier molecular flexibility index (Phi) is 8.15. The number of anilines is 2. The molecule has 0 fully saturated rings. The molecule has 0 aliphatic carbocycles. The van der Waals surface area contributed by atoms with Crippen molar-refractivity contribution in [3.8, 4) is 0 Å². The van der Waals surface area contributed by atoms with E-state index in [0.717, 1.165) is 24.2 Å². The van der Waals surface area contributed by atoms with Gasteiger partial charge in [0, 0.05) is 43.2 Å². The van der Waals surface area contributed by atoms with Gasteiger partial charge in [-0.15, -0.1) is 0 Å². The molecule has 35 heavy (non-hydrogen) atoms. The SMILES string of the molecule is CCC[C@@H](CC(=O)NS(=O)(=O)C(C)(C)C)Nc1ccccc1NCc1cn(C)c2cccc(C)c12. The van der Waals surface area contributed by atoms with Crippen molar-refractivity contribution in [1.82, 2.24) is 9.29 Å². The summed E-state index contributed by atoms with van der Waals surface area (Å²) in [5, 5.41) is 8.28. The Balaban J connectivity index is 1.74. The number of benzene rings is 2. The fourth-order valence-electron chi connectivity index (χ4n) is 4.18. The molecule has 0 aliphatic rings. The molecule has 1 heterocycles. The third kappa shape index (κ3) is 6.36. The molecule has 3 aromatic rings. The van der Waals surface area contributed by atoms with Crippen LogP contribution in [0.2, 0.25) is 0 Å². The highest BCUT2D eigenvalue weighted by atomic mass is 32.2.